The van der Waals surface area contributed by atoms with Crippen LogP contribution in [-0.2, 0) is 6.42 Å². The third kappa shape index (κ3) is 3.73. The van der Waals surface area contributed by atoms with Crippen LogP contribution in [0.4, 0.5) is 11.4 Å². The van der Waals surface area contributed by atoms with Crippen LogP contribution in [0.15, 0.2) is 48.5 Å². The highest BCUT2D eigenvalue weighted by atomic mass is 16.5. The van der Waals surface area contributed by atoms with Crippen LogP contribution in [0.25, 0.3) is 0 Å². The molecular weight excluding hydrogens is 272 g/mol. The van der Waals surface area contributed by atoms with Gasteiger partial charge in [0.25, 0.3) is 0 Å². The maximum Gasteiger partial charge on any atom is 0.121 e. The predicted octanol–water partition coefficient (Wildman–Crippen LogP) is 3.88. The minimum Gasteiger partial charge on any atom is -0.494 e. The van der Waals surface area contributed by atoms with Crippen molar-refractivity contribution in [1.82, 2.24) is 0 Å². The zero-order valence-corrected chi connectivity index (χ0v) is 13.0. The number of benzene rings is 2. The standard InChI is InChI=1S/C19H24N2O/c20-17-9-5-10-18(15-17)22-14-4-3-12-21-13-6-8-16-7-1-2-11-19(16)21/h1-2,5,7,9-11,15H,3-4,6,8,12-14,20H2. The molecule has 0 saturated heterocycles. The molecule has 0 aromatic heterocycles. The summed E-state index contributed by atoms with van der Waals surface area (Å²) in [6.45, 7) is 3.03. The molecule has 0 atom stereocenters. The summed E-state index contributed by atoms with van der Waals surface area (Å²) in [6.07, 6.45) is 4.69. The molecule has 0 bridgehead atoms. The molecule has 0 unspecified atom stereocenters. The molecule has 0 aliphatic carbocycles. The molecule has 22 heavy (non-hydrogen) atoms. The Labute approximate surface area is 132 Å². The van der Waals surface area contributed by atoms with Crippen molar-refractivity contribution in [3.05, 3.63) is 54.1 Å². The average molecular weight is 296 g/mol. The lowest BCUT2D eigenvalue weighted by Gasteiger charge is -2.31. The number of hydrogen-bond donors (Lipinski definition) is 1. The van der Waals surface area contributed by atoms with E-state index in [2.05, 4.69) is 29.2 Å². The van der Waals surface area contributed by atoms with Crippen LogP contribution >= 0.6 is 0 Å². The summed E-state index contributed by atoms with van der Waals surface area (Å²) < 4.78 is 5.75. The number of para-hydroxylation sites is 1. The largest absolute Gasteiger partial charge is 0.494 e. The topological polar surface area (TPSA) is 38.5 Å². The Hall–Kier alpha value is -2.16. The summed E-state index contributed by atoms with van der Waals surface area (Å²) in [5.74, 6) is 0.864. The van der Waals surface area contributed by atoms with Gasteiger partial charge in [-0.15, -0.1) is 0 Å². The number of rotatable bonds is 6. The first-order valence-corrected chi connectivity index (χ1v) is 8.14. The van der Waals surface area contributed by atoms with Gasteiger partial charge >= 0.3 is 0 Å². The molecule has 1 heterocycles. The Morgan fingerprint density at radius 1 is 1.05 bits per heavy atom. The van der Waals surface area contributed by atoms with E-state index < -0.39 is 0 Å². The van der Waals surface area contributed by atoms with E-state index in [1.54, 1.807) is 0 Å². The Bertz CT molecular complexity index is 612. The fraction of sp³-hybridized carbons (Fsp3) is 0.368. The van der Waals surface area contributed by atoms with Crippen LogP contribution in [0.3, 0.4) is 0 Å². The predicted molar refractivity (Wildman–Crippen MR) is 92.6 cm³/mol. The summed E-state index contributed by atoms with van der Waals surface area (Å²) in [6, 6.07) is 16.4. The number of ether oxygens (including phenoxy) is 1. The van der Waals surface area contributed by atoms with Crippen LogP contribution in [0.5, 0.6) is 5.75 Å². The maximum atomic E-state index is 5.75. The van der Waals surface area contributed by atoms with Gasteiger partial charge in [-0.3, -0.25) is 0 Å². The van der Waals surface area contributed by atoms with E-state index in [0.29, 0.717) is 0 Å². The smallest absolute Gasteiger partial charge is 0.121 e. The van der Waals surface area contributed by atoms with Crippen molar-refractivity contribution in [2.24, 2.45) is 0 Å². The van der Waals surface area contributed by atoms with Gasteiger partial charge in [-0.1, -0.05) is 24.3 Å². The van der Waals surface area contributed by atoms with Crippen molar-refractivity contribution < 1.29 is 4.74 Å². The highest BCUT2D eigenvalue weighted by Crippen LogP contribution is 2.26. The first kappa shape index (κ1) is 14.8. The Kier molecular flexibility index (Phi) is 4.84. The van der Waals surface area contributed by atoms with Crippen molar-refractivity contribution in [3.63, 3.8) is 0 Å². The zero-order chi connectivity index (χ0) is 15.2. The summed E-state index contributed by atoms with van der Waals surface area (Å²) in [5, 5.41) is 0. The van der Waals surface area contributed by atoms with Crippen LogP contribution in [0, 0.1) is 0 Å². The van der Waals surface area contributed by atoms with E-state index >= 15 is 0 Å². The molecule has 0 spiro atoms. The van der Waals surface area contributed by atoms with Gasteiger partial charge in [-0.25, -0.2) is 0 Å². The van der Waals surface area contributed by atoms with Crippen LogP contribution in [0.1, 0.15) is 24.8 Å². The number of unbranched alkanes of at least 4 members (excludes halogenated alkanes) is 1. The van der Waals surface area contributed by atoms with Gasteiger partial charge < -0.3 is 15.4 Å². The van der Waals surface area contributed by atoms with E-state index in [0.717, 1.165) is 37.4 Å². The summed E-state index contributed by atoms with van der Waals surface area (Å²) in [4.78, 5) is 2.51. The van der Waals surface area contributed by atoms with Gasteiger partial charge in [0.2, 0.25) is 0 Å². The van der Waals surface area contributed by atoms with Crippen LogP contribution in [0.2, 0.25) is 0 Å². The molecule has 3 nitrogen and oxygen atoms in total. The normalized spacial score (nSPS) is 13.7. The van der Waals surface area contributed by atoms with E-state index in [-0.39, 0.29) is 0 Å². The number of hydrogen-bond acceptors (Lipinski definition) is 3. The third-order valence-corrected chi connectivity index (χ3v) is 4.16. The molecule has 3 heteroatoms. The minimum absolute atomic E-state index is 0.749. The highest BCUT2D eigenvalue weighted by molar-refractivity contribution is 5.55. The fourth-order valence-electron chi connectivity index (χ4n) is 3.04. The van der Waals surface area contributed by atoms with E-state index in [4.69, 9.17) is 10.5 Å². The first-order chi connectivity index (χ1) is 10.8. The molecule has 3 rings (SSSR count). The second kappa shape index (κ2) is 7.21. The van der Waals surface area contributed by atoms with Crippen LogP contribution in [-0.4, -0.2) is 19.7 Å². The molecule has 0 radical (unpaired) electrons. The Balaban J connectivity index is 1.42. The lowest BCUT2D eigenvalue weighted by Crippen LogP contribution is -2.30. The minimum atomic E-state index is 0.749. The summed E-state index contributed by atoms with van der Waals surface area (Å²) in [7, 11) is 0. The summed E-state index contributed by atoms with van der Waals surface area (Å²) in [5.41, 5.74) is 9.41. The molecule has 1 aliphatic rings. The highest BCUT2D eigenvalue weighted by Gasteiger charge is 2.15. The fourth-order valence-corrected chi connectivity index (χ4v) is 3.04. The third-order valence-electron chi connectivity index (χ3n) is 4.16. The maximum absolute atomic E-state index is 5.75. The Morgan fingerprint density at radius 3 is 2.86 bits per heavy atom. The Morgan fingerprint density at radius 2 is 1.95 bits per heavy atom. The molecule has 2 N–H and O–H groups in total. The lowest BCUT2D eigenvalue weighted by atomic mass is 10.0. The average Bonchev–Trinajstić information content (AvgIpc) is 2.55. The van der Waals surface area contributed by atoms with E-state index in [1.807, 2.05) is 24.3 Å². The number of fused-ring (bicyclic) bond motifs is 1. The second-order valence-electron chi connectivity index (χ2n) is 5.85. The molecule has 0 fully saturated rings. The monoisotopic (exact) mass is 296 g/mol. The number of aryl methyl sites for hydroxylation is 1. The van der Waals surface area contributed by atoms with E-state index in [1.165, 1.54) is 30.6 Å². The molecular formula is C19H24N2O. The first-order valence-electron chi connectivity index (χ1n) is 8.14. The van der Waals surface area contributed by atoms with Crippen molar-refractivity contribution in [2.75, 3.05) is 30.3 Å². The van der Waals surface area contributed by atoms with Crippen molar-refractivity contribution in [3.8, 4) is 5.75 Å². The molecule has 116 valence electrons. The number of nitrogens with two attached hydrogens (primary N) is 1. The number of anilines is 2. The molecule has 2 aromatic carbocycles. The van der Waals surface area contributed by atoms with Gasteiger partial charge in [-0.05, 0) is 49.4 Å². The number of nitrogen functional groups attached to an aromatic ring is 1. The van der Waals surface area contributed by atoms with Crippen molar-refractivity contribution in [2.45, 2.75) is 25.7 Å². The van der Waals surface area contributed by atoms with Gasteiger partial charge in [-0.2, -0.15) is 0 Å². The van der Waals surface area contributed by atoms with Crippen LogP contribution < -0.4 is 15.4 Å². The zero-order valence-electron chi connectivity index (χ0n) is 13.0. The van der Waals surface area contributed by atoms with Gasteiger partial charge in [0, 0.05) is 30.5 Å². The molecule has 0 saturated carbocycles. The molecule has 2 aromatic rings. The second-order valence-corrected chi connectivity index (χ2v) is 5.85. The lowest BCUT2D eigenvalue weighted by molar-refractivity contribution is 0.307. The molecule has 1 aliphatic heterocycles. The van der Waals surface area contributed by atoms with E-state index in [9.17, 15) is 0 Å². The van der Waals surface area contributed by atoms with Crippen molar-refractivity contribution >= 4 is 11.4 Å². The quantitative estimate of drug-likeness (QED) is 0.649. The SMILES string of the molecule is Nc1cccc(OCCCCN2CCCc3ccccc32)c1. The van der Waals surface area contributed by atoms with Gasteiger partial charge in [0.15, 0.2) is 0 Å². The van der Waals surface area contributed by atoms with Crippen molar-refractivity contribution in [1.29, 1.82) is 0 Å². The van der Waals surface area contributed by atoms with Gasteiger partial charge in [0.05, 0.1) is 6.61 Å². The molecule has 0 amide bonds. The summed E-state index contributed by atoms with van der Waals surface area (Å²) >= 11 is 0. The van der Waals surface area contributed by atoms with Gasteiger partial charge in [0.1, 0.15) is 5.75 Å². The number of nitrogens with zero attached hydrogens (tertiary/aromatic N) is 1.